The van der Waals surface area contributed by atoms with E-state index in [0.29, 0.717) is 11.3 Å². The van der Waals surface area contributed by atoms with Gasteiger partial charge in [-0.1, -0.05) is 6.07 Å². The topological polar surface area (TPSA) is 59.3 Å². The summed E-state index contributed by atoms with van der Waals surface area (Å²) in [7, 11) is 0. The molecule has 5 nitrogen and oxygen atoms in total. The molecule has 0 bridgehead atoms. The van der Waals surface area contributed by atoms with Gasteiger partial charge in [-0.3, -0.25) is 4.79 Å². The fourth-order valence-electron chi connectivity index (χ4n) is 2.69. The summed E-state index contributed by atoms with van der Waals surface area (Å²) in [6.07, 6.45) is 7.67. The third kappa shape index (κ3) is 4.37. The van der Waals surface area contributed by atoms with Crippen molar-refractivity contribution in [3.63, 3.8) is 0 Å². The largest absolute Gasteiger partial charge is 0.321 e. The van der Waals surface area contributed by atoms with Gasteiger partial charge < -0.3 is 9.72 Å². The molecule has 4 aromatic rings. The van der Waals surface area contributed by atoms with Gasteiger partial charge in [0.25, 0.3) is 5.91 Å². The molecule has 7 heteroatoms. The second kappa shape index (κ2) is 8.50. The van der Waals surface area contributed by atoms with E-state index in [1.165, 1.54) is 0 Å². The van der Waals surface area contributed by atoms with E-state index in [2.05, 4.69) is 15.3 Å². The zero-order valence-corrected chi connectivity index (χ0v) is 16.8. The molecule has 0 unspecified atom stereocenters. The lowest BCUT2D eigenvalue weighted by Crippen LogP contribution is -2.11. The Morgan fingerprint density at radius 2 is 1.96 bits per heavy atom. The van der Waals surface area contributed by atoms with Gasteiger partial charge in [-0.2, -0.15) is 0 Å². The quantitative estimate of drug-likeness (QED) is 0.457. The van der Waals surface area contributed by atoms with Crippen LogP contribution in [0.5, 0.6) is 0 Å². The van der Waals surface area contributed by atoms with Crippen molar-refractivity contribution in [2.45, 2.75) is 15.7 Å². The molecule has 140 valence electrons. The second-order valence-corrected chi connectivity index (χ2v) is 7.93. The predicted molar refractivity (Wildman–Crippen MR) is 115 cm³/mol. The van der Waals surface area contributed by atoms with Gasteiger partial charge in [0.05, 0.1) is 22.6 Å². The molecule has 3 heterocycles. The highest BCUT2D eigenvalue weighted by atomic mass is 32.2. The van der Waals surface area contributed by atoms with Crippen LogP contribution in [0, 0.1) is 0 Å². The summed E-state index contributed by atoms with van der Waals surface area (Å²) in [5.74, 6) is 0.635. The van der Waals surface area contributed by atoms with Crippen LogP contribution >= 0.6 is 23.5 Å². The molecule has 0 saturated carbocycles. The first-order valence-corrected chi connectivity index (χ1v) is 10.9. The van der Waals surface area contributed by atoms with E-state index >= 15 is 0 Å². The molecule has 0 aliphatic carbocycles. The summed E-state index contributed by atoms with van der Waals surface area (Å²) in [6.45, 7) is 0. The van der Waals surface area contributed by atoms with Crippen molar-refractivity contribution in [1.82, 2.24) is 14.4 Å². The lowest BCUT2D eigenvalue weighted by Gasteiger charge is -2.06. The number of amides is 1. The number of fused-ring (bicyclic) bond motifs is 1. The minimum atomic E-state index is -0.143. The number of hydrogen-bond donors (Lipinski definition) is 1. The fourth-order valence-corrected chi connectivity index (χ4v) is 3.84. The van der Waals surface area contributed by atoms with E-state index in [0.717, 1.165) is 27.0 Å². The maximum Gasteiger partial charge on any atom is 0.255 e. The van der Waals surface area contributed by atoms with Crippen LogP contribution in [0.25, 0.3) is 5.65 Å². The molecular formula is C21H18N4OS2. The molecule has 0 aliphatic rings. The lowest BCUT2D eigenvalue weighted by molar-refractivity contribution is 0.102. The molecule has 0 aliphatic heterocycles. The summed E-state index contributed by atoms with van der Waals surface area (Å²) < 4.78 is 2.02. The van der Waals surface area contributed by atoms with Gasteiger partial charge in [-0.25, -0.2) is 9.97 Å². The molecule has 0 saturated heterocycles. The Bertz CT molecular complexity index is 1060. The highest BCUT2D eigenvalue weighted by molar-refractivity contribution is 7.98. The normalized spacial score (nSPS) is 10.9. The monoisotopic (exact) mass is 406 g/mol. The standard InChI is InChI=1S/C21H18N4OS2/c1-27-20-10-7-16(12-22-20)24-21(26)15-5-8-18(9-6-15)28-14-17-13-25-11-3-2-4-19(25)23-17/h2-13H,14H2,1H3,(H,24,26). The van der Waals surface area contributed by atoms with Crippen LogP contribution in [0.3, 0.4) is 0 Å². The maximum absolute atomic E-state index is 12.4. The van der Waals surface area contributed by atoms with Gasteiger partial charge in [0.2, 0.25) is 0 Å². The van der Waals surface area contributed by atoms with E-state index < -0.39 is 0 Å². The average molecular weight is 407 g/mol. The number of nitrogens with zero attached hydrogens (tertiary/aromatic N) is 3. The first-order chi connectivity index (χ1) is 13.7. The molecule has 1 amide bonds. The molecule has 4 rings (SSSR count). The Kier molecular flexibility index (Phi) is 5.64. The van der Waals surface area contributed by atoms with E-state index in [1.807, 2.05) is 77.6 Å². The number of thioether (sulfide) groups is 2. The second-order valence-electron chi connectivity index (χ2n) is 6.05. The summed E-state index contributed by atoms with van der Waals surface area (Å²) >= 11 is 3.26. The Morgan fingerprint density at radius 3 is 2.68 bits per heavy atom. The predicted octanol–water partition coefficient (Wildman–Crippen LogP) is 5.00. The molecular weight excluding hydrogens is 388 g/mol. The van der Waals surface area contributed by atoms with Crippen LogP contribution in [0.4, 0.5) is 5.69 Å². The highest BCUT2D eigenvalue weighted by Crippen LogP contribution is 2.23. The average Bonchev–Trinajstić information content (AvgIpc) is 3.16. The molecule has 0 atom stereocenters. The molecule has 0 fully saturated rings. The van der Waals surface area contributed by atoms with Gasteiger partial charge in [-0.15, -0.1) is 23.5 Å². The van der Waals surface area contributed by atoms with Crippen LogP contribution in [0.2, 0.25) is 0 Å². The number of rotatable bonds is 6. The lowest BCUT2D eigenvalue weighted by atomic mass is 10.2. The Labute approximate surface area is 171 Å². The van der Waals surface area contributed by atoms with E-state index in [-0.39, 0.29) is 5.91 Å². The van der Waals surface area contributed by atoms with Crippen LogP contribution in [-0.2, 0) is 5.75 Å². The molecule has 1 aromatic carbocycles. The SMILES string of the molecule is CSc1ccc(NC(=O)c2ccc(SCc3cn4ccccc4n3)cc2)cn1. The summed E-state index contributed by atoms with van der Waals surface area (Å²) in [5, 5.41) is 3.79. The van der Waals surface area contributed by atoms with Gasteiger partial charge in [-0.05, 0) is 54.8 Å². The van der Waals surface area contributed by atoms with Crippen molar-refractivity contribution in [1.29, 1.82) is 0 Å². The molecule has 0 radical (unpaired) electrons. The molecule has 0 spiro atoms. The third-order valence-electron chi connectivity index (χ3n) is 4.12. The number of anilines is 1. The minimum Gasteiger partial charge on any atom is -0.321 e. The van der Waals surface area contributed by atoms with Gasteiger partial charge >= 0.3 is 0 Å². The number of hydrogen-bond acceptors (Lipinski definition) is 5. The summed E-state index contributed by atoms with van der Waals surface area (Å²) in [5.41, 5.74) is 3.28. The number of carbonyl (C=O) groups excluding carboxylic acids is 1. The fraction of sp³-hybridized carbons (Fsp3) is 0.0952. The van der Waals surface area contributed by atoms with Crippen LogP contribution < -0.4 is 5.32 Å². The Balaban J connectivity index is 1.36. The van der Waals surface area contributed by atoms with Gasteiger partial charge in [0.1, 0.15) is 5.65 Å². The van der Waals surface area contributed by atoms with Gasteiger partial charge in [0.15, 0.2) is 0 Å². The molecule has 28 heavy (non-hydrogen) atoms. The number of carbonyl (C=O) groups is 1. The van der Waals surface area contributed by atoms with Crippen LogP contribution in [0.1, 0.15) is 16.1 Å². The van der Waals surface area contributed by atoms with Crippen LogP contribution in [0.15, 0.2) is 83.1 Å². The zero-order chi connectivity index (χ0) is 19.3. The Morgan fingerprint density at radius 1 is 1.11 bits per heavy atom. The van der Waals surface area contributed by atoms with Crippen molar-refractivity contribution < 1.29 is 4.79 Å². The number of aromatic nitrogens is 3. The number of benzene rings is 1. The summed E-state index contributed by atoms with van der Waals surface area (Å²) in [4.78, 5) is 22.4. The van der Waals surface area contributed by atoms with Crippen molar-refractivity contribution in [3.05, 3.63) is 84.4 Å². The summed E-state index contributed by atoms with van der Waals surface area (Å²) in [6, 6.07) is 17.3. The van der Waals surface area contributed by atoms with E-state index in [1.54, 1.807) is 29.7 Å². The third-order valence-corrected chi connectivity index (χ3v) is 5.83. The highest BCUT2D eigenvalue weighted by Gasteiger charge is 2.07. The van der Waals surface area contributed by atoms with E-state index in [9.17, 15) is 4.79 Å². The van der Waals surface area contributed by atoms with E-state index in [4.69, 9.17) is 0 Å². The zero-order valence-electron chi connectivity index (χ0n) is 15.2. The Hall–Kier alpha value is -2.77. The van der Waals surface area contributed by atoms with Crippen molar-refractivity contribution >= 4 is 40.8 Å². The number of imidazole rings is 1. The maximum atomic E-state index is 12.4. The molecule has 3 aromatic heterocycles. The van der Waals surface area contributed by atoms with Crippen molar-refractivity contribution in [3.8, 4) is 0 Å². The van der Waals surface area contributed by atoms with Crippen molar-refractivity contribution in [2.24, 2.45) is 0 Å². The first kappa shape index (κ1) is 18.6. The first-order valence-electron chi connectivity index (χ1n) is 8.68. The molecule has 1 N–H and O–H groups in total. The van der Waals surface area contributed by atoms with Gasteiger partial charge in [0, 0.05) is 28.6 Å². The number of pyridine rings is 2. The smallest absolute Gasteiger partial charge is 0.255 e. The van der Waals surface area contributed by atoms with Crippen molar-refractivity contribution in [2.75, 3.05) is 11.6 Å². The number of nitrogens with one attached hydrogen (secondary N) is 1. The minimum absolute atomic E-state index is 0.143. The van der Waals surface area contributed by atoms with Crippen LogP contribution in [-0.4, -0.2) is 26.5 Å².